The van der Waals surface area contributed by atoms with E-state index in [0.29, 0.717) is 11.5 Å². The quantitative estimate of drug-likeness (QED) is 0.879. The molecule has 28 heavy (non-hydrogen) atoms. The average Bonchev–Trinajstić information content (AvgIpc) is 2.75. The van der Waals surface area contributed by atoms with Gasteiger partial charge in [-0.2, -0.15) is 0 Å². The largest absolute Gasteiger partial charge is 0.368 e. The molecule has 2 aliphatic rings. The van der Waals surface area contributed by atoms with E-state index in [0.717, 1.165) is 44.7 Å². The highest BCUT2D eigenvalue weighted by molar-refractivity contribution is 5.93. The number of rotatable bonds is 4. The Morgan fingerprint density at radius 3 is 2.18 bits per heavy atom. The summed E-state index contributed by atoms with van der Waals surface area (Å²) >= 11 is 0. The fourth-order valence-corrected chi connectivity index (χ4v) is 3.93. The molecule has 4 rings (SSSR count). The van der Waals surface area contributed by atoms with Crippen LogP contribution in [0.25, 0.3) is 0 Å². The number of nitrogens with one attached hydrogen (secondary N) is 1. The molecule has 1 aromatic carbocycles. The lowest BCUT2D eigenvalue weighted by Crippen LogP contribution is -2.47. The van der Waals surface area contributed by atoms with Crippen LogP contribution in [0.4, 0.5) is 16.0 Å². The van der Waals surface area contributed by atoms with Crippen LogP contribution in [0.3, 0.4) is 0 Å². The van der Waals surface area contributed by atoms with Crippen molar-refractivity contribution in [1.29, 1.82) is 0 Å². The smallest absolute Gasteiger partial charge is 0.254 e. The molecule has 2 aromatic rings. The van der Waals surface area contributed by atoms with Crippen LogP contribution in [0.2, 0.25) is 0 Å². The van der Waals surface area contributed by atoms with Gasteiger partial charge < -0.3 is 15.1 Å². The summed E-state index contributed by atoms with van der Waals surface area (Å²) in [5.41, 5.74) is 1.54. The van der Waals surface area contributed by atoms with Crippen LogP contribution in [0.1, 0.15) is 42.5 Å². The lowest BCUT2D eigenvalue weighted by atomic mass is 9.95. The number of hydrogen-bond acceptors (Lipinski definition) is 5. The summed E-state index contributed by atoms with van der Waals surface area (Å²) in [5, 5.41) is 3.10. The topological polar surface area (TPSA) is 61.4 Å². The molecular weight excluding hydrogens is 357 g/mol. The molecule has 6 nitrogen and oxygen atoms in total. The van der Waals surface area contributed by atoms with E-state index < -0.39 is 0 Å². The lowest BCUT2D eigenvalue weighted by molar-refractivity contribution is 0.0927. The van der Waals surface area contributed by atoms with Gasteiger partial charge in [-0.15, -0.1) is 0 Å². The third-order valence-corrected chi connectivity index (χ3v) is 5.60. The number of halogens is 1. The summed E-state index contributed by atoms with van der Waals surface area (Å²) in [5.74, 6) is 0.343. The highest BCUT2D eigenvalue weighted by Crippen LogP contribution is 2.20. The number of carbonyl (C=O) groups excluding carboxylic acids is 1. The van der Waals surface area contributed by atoms with Gasteiger partial charge in [-0.05, 0) is 37.1 Å². The second-order valence-electron chi connectivity index (χ2n) is 7.53. The SMILES string of the molecule is O=C(NC1CCCCC1)c1cnc(N2CCN(c3ccc(F)cc3)CC2)nc1. The standard InChI is InChI=1S/C21H26FN5O/c22-17-6-8-19(9-7-17)26-10-12-27(13-11-26)21-23-14-16(15-24-21)20(28)25-18-4-2-1-3-5-18/h6-9,14-15,18H,1-5,10-13H2,(H,25,28). The number of amides is 1. The van der Waals surface area contributed by atoms with Gasteiger partial charge >= 0.3 is 0 Å². The minimum Gasteiger partial charge on any atom is -0.368 e. The Balaban J connectivity index is 1.31. The summed E-state index contributed by atoms with van der Waals surface area (Å²) in [4.78, 5) is 25.5. The Hall–Kier alpha value is -2.70. The molecule has 2 heterocycles. The number of aromatic nitrogens is 2. The second kappa shape index (κ2) is 8.54. The van der Waals surface area contributed by atoms with Crippen LogP contribution in [-0.2, 0) is 0 Å². The van der Waals surface area contributed by atoms with Crippen LogP contribution in [-0.4, -0.2) is 48.1 Å². The van der Waals surface area contributed by atoms with Gasteiger partial charge in [0.25, 0.3) is 5.91 Å². The lowest BCUT2D eigenvalue weighted by Gasteiger charge is -2.36. The summed E-state index contributed by atoms with van der Waals surface area (Å²) < 4.78 is 13.1. The van der Waals surface area contributed by atoms with Crippen molar-refractivity contribution in [2.24, 2.45) is 0 Å². The van der Waals surface area contributed by atoms with Gasteiger partial charge in [0.05, 0.1) is 5.56 Å². The third kappa shape index (κ3) is 4.40. The molecule has 2 fully saturated rings. The van der Waals surface area contributed by atoms with E-state index in [9.17, 15) is 9.18 Å². The van der Waals surface area contributed by atoms with Gasteiger partial charge in [0, 0.05) is 50.3 Å². The molecule has 0 spiro atoms. The average molecular weight is 383 g/mol. The number of carbonyl (C=O) groups is 1. The van der Waals surface area contributed by atoms with Crippen molar-refractivity contribution < 1.29 is 9.18 Å². The van der Waals surface area contributed by atoms with Gasteiger partial charge in [-0.1, -0.05) is 19.3 Å². The van der Waals surface area contributed by atoms with Crippen molar-refractivity contribution in [3.05, 3.63) is 48.0 Å². The zero-order valence-electron chi connectivity index (χ0n) is 16.0. The molecule has 1 N–H and O–H groups in total. The minimum absolute atomic E-state index is 0.0837. The Morgan fingerprint density at radius 2 is 1.54 bits per heavy atom. The molecule has 0 atom stereocenters. The molecule has 1 aromatic heterocycles. The number of anilines is 2. The van der Waals surface area contributed by atoms with E-state index in [-0.39, 0.29) is 17.8 Å². The molecule has 148 valence electrons. The van der Waals surface area contributed by atoms with Crippen molar-refractivity contribution in [3.63, 3.8) is 0 Å². The first kappa shape index (κ1) is 18.7. The Labute approximate surface area is 164 Å². The number of benzene rings is 1. The van der Waals surface area contributed by atoms with Crippen molar-refractivity contribution in [3.8, 4) is 0 Å². The maximum absolute atomic E-state index is 13.1. The highest BCUT2D eigenvalue weighted by Gasteiger charge is 2.21. The first-order valence-electron chi connectivity index (χ1n) is 10.1. The van der Waals surface area contributed by atoms with E-state index in [1.807, 2.05) is 0 Å². The Kier molecular flexibility index (Phi) is 5.69. The molecule has 0 radical (unpaired) electrons. The first-order chi connectivity index (χ1) is 13.7. The number of nitrogens with zero attached hydrogens (tertiary/aromatic N) is 4. The number of hydrogen-bond donors (Lipinski definition) is 1. The Bertz CT molecular complexity index is 781. The minimum atomic E-state index is -0.219. The third-order valence-electron chi connectivity index (χ3n) is 5.60. The van der Waals surface area contributed by atoms with E-state index in [1.54, 1.807) is 24.5 Å². The summed E-state index contributed by atoms with van der Waals surface area (Å²) in [6.45, 7) is 3.20. The monoisotopic (exact) mass is 383 g/mol. The van der Waals surface area contributed by atoms with Gasteiger partial charge in [0.2, 0.25) is 5.95 Å². The van der Waals surface area contributed by atoms with Crippen molar-refractivity contribution in [2.75, 3.05) is 36.0 Å². The van der Waals surface area contributed by atoms with Gasteiger partial charge in [-0.3, -0.25) is 4.79 Å². The van der Waals surface area contributed by atoms with Gasteiger partial charge in [0.1, 0.15) is 5.82 Å². The fourth-order valence-electron chi connectivity index (χ4n) is 3.93. The fraction of sp³-hybridized carbons (Fsp3) is 0.476. The van der Waals surface area contributed by atoms with Crippen LogP contribution < -0.4 is 15.1 Å². The zero-order valence-corrected chi connectivity index (χ0v) is 16.0. The zero-order chi connectivity index (χ0) is 19.3. The maximum atomic E-state index is 13.1. The van der Waals surface area contributed by atoms with Crippen LogP contribution >= 0.6 is 0 Å². The van der Waals surface area contributed by atoms with Crippen molar-refractivity contribution >= 4 is 17.5 Å². The van der Waals surface area contributed by atoms with Crippen molar-refractivity contribution in [1.82, 2.24) is 15.3 Å². The summed E-state index contributed by atoms with van der Waals surface area (Å²) in [6, 6.07) is 6.87. The van der Waals surface area contributed by atoms with Crippen molar-refractivity contribution in [2.45, 2.75) is 38.1 Å². The summed E-state index contributed by atoms with van der Waals surface area (Å²) in [7, 11) is 0. The van der Waals surface area contributed by atoms with Crippen LogP contribution in [0, 0.1) is 5.82 Å². The highest BCUT2D eigenvalue weighted by atomic mass is 19.1. The predicted molar refractivity (Wildman–Crippen MR) is 107 cm³/mol. The molecule has 1 saturated heterocycles. The molecule has 1 saturated carbocycles. The van der Waals surface area contributed by atoms with E-state index in [2.05, 4.69) is 25.1 Å². The molecule has 1 aliphatic heterocycles. The maximum Gasteiger partial charge on any atom is 0.254 e. The van der Waals surface area contributed by atoms with Crippen LogP contribution in [0.15, 0.2) is 36.7 Å². The molecule has 1 amide bonds. The van der Waals surface area contributed by atoms with Gasteiger partial charge in [-0.25, -0.2) is 14.4 Å². The number of piperazine rings is 1. The molecule has 1 aliphatic carbocycles. The molecule has 0 bridgehead atoms. The second-order valence-corrected chi connectivity index (χ2v) is 7.53. The molecule has 0 unspecified atom stereocenters. The Morgan fingerprint density at radius 1 is 0.929 bits per heavy atom. The molecular formula is C21H26FN5O. The molecule has 7 heteroatoms. The van der Waals surface area contributed by atoms with Crippen LogP contribution in [0.5, 0.6) is 0 Å². The normalized spacial score (nSPS) is 18.2. The van der Waals surface area contributed by atoms with Gasteiger partial charge in [0.15, 0.2) is 0 Å². The van der Waals surface area contributed by atoms with E-state index >= 15 is 0 Å². The summed E-state index contributed by atoms with van der Waals surface area (Å²) in [6.07, 6.45) is 8.98. The van der Waals surface area contributed by atoms with E-state index in [1.165, 1.54) is 31.4 Å². The van der Waals surface area contributed by atoms with E-state index in [4.69, 9.17) is 0 Å². The first-order valence-corrected chi connectivity index (χ1v) is 10.1. The predicted octanol–water partition coefficient (Wildman–Crippen LogP) is 3.00.